The van der Waals surface area contributed by atoms with Crippen molar-refractivity contribution in [3.8, 4) is 0 Å². The maximum absolute atomic E-state index is 13.0. The minimum absolute atomic E-state index is 0.0355. The molecule has 2 aliphatic heterocycles. The Balaban J connectivity index is 1.68. The van der Waals surface area contributed by atoms with E-state index in [2.05, 4.69) is 10.1 Å². The number of methoxy groups -OCH3 is 1. The van der Waals surface area contributed by atoms with Crippen LogP contribution in [0.25, 0.3) is 0 Å². The summed E-state index contributed by atoms with van der Waals surface area (Å²) in [4.78, 5) is 36.0. The van der Waals surface area contributed by atoms with E-state index in [0.29, 0.717) is 4.31 Å². The molecule has 1 aromatic carbocycles. The summed E-state index contributed by atoms with van der Waals surface area (Å²) >= 11 is 0. The molecule has 0 bridgehead atoms. The number of carbonyl (C=O) groups excluding carboxylic acids is 3. The third kappa shape index (κ3) is 4.71. The van der Waals surface area contributed by atoms with Crippen molar-refractivity contribution >= 4 is 35.6 Å². The molecule has 14 heteroatoms. The Hall–Kier alpha value is -2.31. The molecule has 1 fully saturated rings. The monoisotopic (exact) mass is 490 g/mol. The lowest BCUT2D eigenvalue weighted by Crippen LogP contribution is -2.50. The number of carbonyl (C=O) groups is 3. The summed E-state index contributed by atoms with van der Waals surface area (Å²) in [6.07, 6.45) is -1.36. The largest absolute Gasteiger partial charge is 0.477 e. The van der Waals surface area contributed by atoms with Crippen molar-refractivity contribution < 1.29 is 45.7 Å². The van der Waals surface area contributed by atoms with Gasteiger partial charge in [-0.1, -0.05) is 26.0 Å². The van der Waals surface area contributed by atoms with E-state index in [0.717, 1.165) is 0 Å². The van der Waals surface area contributed by atoms with Gasteiger partial charge < -0.3 is 10.1 Å². The van der Waals surface area contributed by atoms with Gasteiger partial charge in [-0.25, -0.2) is 17.3 Å². The van der Waals surface area contributed by atoms with Crippen LogP contribution in [0.4, 0.5) is 0 Å². The second kappa shape index (κ2) is 8.91. The van der Waals surface area contributed by atoms with Crippen molar-refractivity contribution in [1.29, 1.82) is 0 Å². The van der Waals surface area contributed by atoms with E-state index in [-0.39, 0.29) is 30.0 Å². The van der Waals surface area contributed by atoms with Crippen LogP contribution in [0.1, 0.15) is 30.6 Å². The molecule has 1 saturated heterocycles. The number of hydrogen-bond acceptors (Lipinski definition) is 10. The number of fused-ring (bicyclic) bond motifs is 1. The van der Waals surface area contributed by atoms with Crippen LogP contribution >= 0.6 is 7.82 Å². The van der Waals surface area contributed by atoms with Crippen LogP contribution in [0.3, 0.4) is 0 Å². The lowest BCUT2D eigenvalue weighted by Gasteiger charge is -2.39. The highest BCUT2D eigenvalue weighted by Gasteiger charge is 2.50. The van der Waals surface area contributed by atoms with Crippen molar-refractivity contribution in [1.82, 2.24) is 9.62 Å². The molecule has 1 aromatic rings. The van der Waals surface area contributed by atoms with Crippen LogP contribution in [-0.4, -0.2) is 63.6 Å². The second-order valence-electron chi connectivity index (χ2n) is 7.72. The van der Waals surface area contributed by atoms with E-state index in [1.54, 1.807) is 13.8 Å². The second-order valence-corrected chi connectivity index (χ2v) is 11.2. The molecule has 2 amide bonds. The van der Waals surface area contributed by atoms with Crippen molar-refractivity contribution in [3.05, 3.63) is 29.8 Å². The molecule has 32 heavy (non-hydrogen) atoms. The first kappa shape index (κ1) is 24.3. The van der Waals surface area contributed by atoms with Gasteiger partial charge in [0.2, 0.25) is 5.91 Å². The van der Waals surface area contributed by atoms with Gasteiger partial charge in [-0.3, -0.25) is 28.0 Å². The molecule has 2 atom stereocenters. The summed E-state index contributed by atoms with van der Waals surface area (Å²) < 4.78 is 58.7. The maximum Gasteiger partial charge on any atom is 0.477 e. The average molecular weight is 490 g/mol. The van der Waals surface area contributed by atoms with Gasteiger partial charge in [0.05, 0.1) is 25.7 Å². The quantitative estimate of drug-likeness (QED) is 0.433. The smallest absolute Gasteiger partial charge is 0.469 e. The number of phosphoric ester groups is 1. The van der Waals surface area contributed by atoms with Crippen LogP contribution in [-0.2, 0) is 42.5 Å². The molecule has 2 aliphatic rings. The Morgan fingerprint density at radius 2 is 2.00 bits per heavy atom. The molecule has 1 unspecified atom stereocenters. The van der Waals surface area contributed by atoms with Gasteiger partial charge in [0, 0.05) is 12.0 Å². The number of rotatable bonds is 7. The minimum Gasteiger partial charge on any atom is -0.469 e. The number of esters is 1. The predicted molar refractivity (Wildman–Crippen MR) is 108 cm³/mol. The Labute approximate surface area is 184 Å². The molecule has 0 aromatic heterocycles. The number of nitrogens with one attached hydrogen (secondary N) is 1. The fourth-order valence-corrected chi connectivity index (χ4v) is 6.15. The number of amides is 2. The topological polar surface area (TPSA) is 155 Å². The van der Waals surface area contributed by atoms with Crippen LogP contribution in [0, 0.1) is 5.41 Å². The zero-order valence-electron chi connectivity index (χ0n) is 17.6. The highest BCUT2D eigenvalue weighted by atomic mass is 32.2. The number of hydrogen-bond donors (Lipinski definition) is 1. The Morgan fingerprint density at radius 1 is 1.31 bits per heavy atom. The first-order valence-corrected chi connectivity index (χ1v) is 12.4. The molecule has 0 spiro atoms. The number of benzene rings is 1. The number of sulfonamides is 1. The van der Waals surface area contributed by atoms with E-state index in [1.165, 1.54) is 31.4 Å². The molecule has 0 radical (unpaired) electrons. The molecule has 3 rings (SSSR count). The predicted octanol–water partition coefficient (Wildman–Crippen LogP) is 1.03. The summed E-state index contributed by atoms with van der Waals surface area (Å²) in [6.45, 7) is 2.09. The molecular formula is C18H23N2O10PS. The fourth-order valence-electron chi connectivity index (χ4n) is 3.06. The van der Waals surface area contributed by atoms with Gasteiger partial charge in [0.1, 0.15) is 11.6 Å². The van der Waals surface area contributed by atoms with Crippen molar-refractivity contribution in [2.24, 2.45) is 5.41 Å². The summed E-state index contributed by atoms with van der Waals surface area (Å²) in [5, 5.41) is 2.48. The van der Waals surface area contributed by atoms with E-state index in [4.69, 9.17) is 13.6 Å². The van der Waals surface area contributed by atoms with Crippen molar-refractivity contribution in [2.75, 3.05) is 27.0 Å². The SMILES string of the molecule is COC(=O)CCNC(=O)[C@@H]1OP(=O)(OCN2C(=O)c3ccccc3S2(=O)=O)OCC1(C)C. The van der Waals surface area contributed by atoms with Gasteiger partial charge in [0.15, 0.2) is 6.10 Å². The normalized spacial score (nSPS) is 25.8. The standard InChI is InChI=1S/C18H23N2O10PS/c1-18(2)10-28-31(24,30-15(18)16(22)19-9-8-14(21)27-3)29-11-20-17(23)12-6-4-5-7-13(12)32(20,25)26/h4-7,15H,8-11H2,1-3H3,(H,19,22)/t15-,31?/m0/s1. The average Bonchev–Trinajstić information content (AvgIpc) is 2.94. The lowest BCUT2D eigenvalue weighted by molar-refractivity contribution is -0.143. The molecule has 12 nitrogen and oxygen atoms in total. The number of phosphoric acid groups is 1. The van der Waals surface area contributed by atoms with Gasteiger partial charge in [-0.2, -0.15) is 0 Å². The first-order valence-electron chi connectivity index (χ1n) is 9.49. The van der Waals surface area contributed by atoms with Crippen molar-refractivity contribution in [2.45, 2.75) is 31.3 Å². The summed E-state index contributed by atoms with van der Waals surface area (Å²) in [5.41, 5.74) is -0.956. The van der Waals surface area contributed by atoms with Gasteiger partial charge in [-0.05, 0) is 12.1 Å². The van der Waals surface area contributed by atoms with E-state index in [1.807, 2.05) is 0 Å². The van der Waals surface area contributed by atoms with E-state index < -0.39 is 53.9 Å². The van der Waals surface area contributed by atoms with E-state index in [9.17, 15) is 27.4 Å². The van der Waals surface area contributed by atoms with Gasteiger partial charge in [0.25, 0.3) is 15.9 Å². The Bertz CT molecular complexity index is 1090. The highest BCUT2D eigenvalue weighted by molar-refractivity contribution is 7.90. The molecule has 0 aliphatic carbocycles. The minimum atomic E-state index is -4.40. The van der Waals surface area contributed by atoms with Gasteiger partial charge >= 0.3 is 13.8 Å². The molecule has 176 valence electrons. The Kier molecular flexibility index (Phi) is 6.78. The maximum atomic E-state index is 13.0. The van der Waals surface area contributed by atoms with Crippen LogP contribution < -0.4 is 5.32 Å². The highest BCUT2D eigenvalue weighted by Crippen LogP contribution is 2.57. The van der Waals surface area contributed by atoms with Crippen LogP contribution in [0.5, 0.6) is 0 Å². The third-order valence-corrected chi connectivity index (χ3v) is 7.99. The van der Waals surface area contributed by atoms with Crippen molar-refractivity contribution in [3.63, 3.8) is 0 Å². The van der Waals surface area contributed by atoms with Crippen LogP contribution in [0.15, 0.2) is 29.2 Å². The zero-order valence-corrected chi connectivity index (χ0v) is 19.3. The molecule has 0 saturated carbocycles. The fraction of sp³-hybridized carbons (Fsp3) is 0.500. The summed E-state index contributed by atoms with van der Waals surface area (Å²) in [6, 6.07) is 5.60. The first-order chi connectivity index (χ1) is 14.9. The number of ether oxygens (including phenoxy) is 1. The number of nitrogens with zero attached hydrogens (tertiary/aromatic N) is 1. The van der Waals surface area contributed by atoms with E-state index >= 15 is 0 Å². The molecule has 2 heterocycles. The zero-order chi connectivity index (χ0) is 23.7. The van der Waals surface area contributed by atoms with Gasteiger partial charge in [-0.15, -0.1) is 0 Å². The molecular weight excluding hydrogens is 467 g/mol. The third-order valence-electron chi connectivity index (χ3n) is 4.88. The molecule has 1 N–H and O–H groups in total. The summed E-state index contributed by atoms with van der Waals surface area (Å²) in [5.74, 6) is -2.03. The lowest BCUT2D eigenvalue weighted by atomic mass is 9.87. The summed E-state index contributed by atoms with van der Waals surface area (Å²) in [7, 11) is -7.38. The Morgan fingerprint density at radius 3 is 2.66 bits per heavy atom. The van der Waals surface area contributed by atoms with Crippen LogP contribution in [0.2, 0.25) is 0 Å².